The van der Waals surface area contributed by atoms with Crippen LogP contribution in [0.2, 0.25) is 0 Å². The van der Waals surface area contributed by atoms with Gasteiger partial charge in [0, 0.05) is 32.0 Å². The van der Waals surface area contributed by atoms with Gasteiger partial charge in [0.25, 0.3) is 5.91 Å². The molecule has 1 aliphatic carbocycles. The summed E-state index contributed by atoms with van der Waals surface area (Å²) in [6.45, 7) is 0.278. The highest BCUT2D eigenvalue weighted by atomic mass is 32.2. The van der Waals surface area contributed by atoms with Crippen LogP contribution in [0.5, 0.6) is 17.2 Å². The Morgan fingerprint density at radius 3 is 2.60 bits per heavy atom. The third-order valence-corrected chi connectivity index (χ3v) is 8.96. The summed E-state index contributed by atoms with van der Waals surface area (Å²) in [6.07, 6.45) is 3.61. The number of rotatable bonds is 13. The zero-order chi connectivity index (χ0) is 28.1. The van der Waals surface area contributed by atoms with Crippen LogP contribution in [-0.2, 0) is 24.3 Å². The smallest absolute Gasteiger partial charge is 0.286 e. The first-order chi connectivity index (χ1) is 19.4. The van der Waals surface area contributed by atoms with E-state index in [0.717, 1.165) is 22.7 Å². The highest BCUT2D eigenvalue weighted by Gasteiger charge is 2.32. The van der Waals surface area contributed by atoms with Gasteiger partial charge in [-0.25, -0.2) is 8.42 Å². The summed E-state index contributed by atoms with van der Waals surface area (Å²) < 4.78 is 55.5. The lowest BCUT2D eigenvalue weighted by atomic mass is 9.92. The van der Waals surface area contributed by atoms with Gasteiger partial charge in [-0.05, 0) is 66.8 Å². The molecule has 1 saturated carbocycles. The summed E-state index contributed by atoms with van der Waals surface area (Å²) in [5.41, 5.74) is 0.914. The van der Waals surface area contributed by atoms with Gasteiger partial charge in [0.2, 0.25) is 23.1 Å². The molecule has 2 aromatic rings. The number of hydrogen-bond acceptors (Lipinski definition) is 9. The number of aliphatic hydroxyl groups is 1. The minimum Gasteiger partial charge on any atom is -0.497 e. The van der Waals surface area contributed by atoms with E-state index in [1.165, 1.54) is 19.2 Å². The molecule has 3 aliphatic rings. The van der Waals surface area contributed by atoms with E-state index in [2.05, 4.69) is 5.32 Å². The largest absolute Gasteiger partial charge is 0.497 e. The molecule has 2 N–H and O–H groups in total. The Bertz CT molecular complexity index is 1330. The number of allylic oxidation sites excluding steroid dienone is 1. The van der Waals surface area contributed by atoms with Crippen molar-refractivity contribution in [2.45, 2.75) is 36.4 Å². The Morgan fingerprint density at radius 2 is 1.88 bits per heavy atom. The van der Waals surface area contributed by atoms with Crippen molar-refractivity contribution in [3.8, 4) is 17.2 Å². The van der Waals surface area contributed by atoms with Crippen molar-refractivity contribution in [1.29, 1.82) is 0 Å². The molecule has 2 atom stereocenters. The van der Waals surface area contributed by atoms with Gasteiger partial charge in [-0.3, -0.25) is 4.79 Å². The number of carbonyl (C=O) groups is 1. The molecule has 0 aromatic heterocycles. The molecule has 0 radical (unpaired) electrons. The SMILES string of the molecule is COc1ccc(S(=O)(=O)N(CCO)CCO[C@@H]2C[C@H](c3ccc4c(c3)OCO4)C=C(C(=O)NCC3CC3)O2)cc1. The maximum Gasteiger partial charge on any atom is 0.286 e. The van der Waals surface area contributed by atoms with E-state index >= 15 is 0 Å². The molecule has 12 heteroatoms. The molecule has 0 spiro atoms. The van der Waals surface area contributed by atoms with E-state index in [4.69, 9.17) is 23.7 Å². The minimum atomic E-state index is -3.89. The molecule has 2 aromatic carbocycles. The predicted octanol–water partition coefficient (Wildman–Crippen LogP) is 2.36. The molecule has 2 heterocycles. The minimum absolute atomic E-state index is 0.00904. The van der Waals surface area contributed by atoms with Gasteiger partial charge in [-0.15, -0.1) is 0 Å². The van der Waals surface area contributed by atoms with Crippen molar-refractivity contribution < 1.29 is 42.0 Å². The van der Waals surface area contributed by atoms with E-state index in [9.17, 15) is 18.3 Å². The topological polar surface area (TPSA) is 133 Å². The van der Waals surface area contributed by atoms with E-state index in [-0.39, 0.29) is 55.6 Å². The third kappa shape index (κ3) is 6.69. The molecule has 0 bridgehead atoms. The van der Waals surface area contributed by atoms with Crippen molar-refractivity contribution >= 4 is 15.9 Å². The Kier molecular flexibility index (Phi) is 8.79. The van der Waals surface area contributed by atoms with Gasteiger partial charge in [0.15, 0.2) is 17.3 Å². The molecule has 2 aliphatic heterocycles. The average molecular weight is 575 g/mol. The number of hydrogen-bond donors (Lipinski definition) is 2. The van der Waals surface area contributed by atoms with Crippen LogP contribution < -0.4 is 19.5 Å². The van der Waals surface area contributed by atoms with Gasteiger partial charge in [-0.1, -0.05) is 6.07 Å². The summed E-state index contributed by atoms with van der Waals surface area (Å²) in [6, 6.07) is 11.7. The Balaban J connectivity index is 1.27. The number of fused-ring (bicyclic) bond motifs is 1. The number of nitrogens with zero attached hydrogens (tertiary/aromatic N) is 1. The standard InChI is InChI=1S/C28H34N2O9S/c1-35-22-5-7-23(8-6-22)40(33,34)30(10-12-31)11-13-36-27-16-21(20-4-9-24-25(14-20)38-18-37-24)15-26(39-27)28(32)29-17-19-2-3-19/h4-9,14-15,19,21,27,31H,2-3,10-13,16-18H2,1H3,(H,29,32)/t21-,27+/m1/s1. The molecule has 5 rings (SSSR count). The number of amides is 1. The zero-order valence-corrected chi connectivity index (χ0v) is 23.1. The van der Waals surface area contributed by atoms with Crippen molar-refractivity contribution in [3.63, 3.8) is 0 Å². The fourth-order valence-electron chi connectivity index (χ4n) is 4.59. The molecular weight excluding hydrogens is 540 g/mol. The van der Waals surface area contributed by atoms with Gasteiger partial charge >= 0.3 is 0 Å². The zero-order valence-electron chi connectivity index (χ0n) is 22.3. The molecule has 0 unspecified atom stereocenters. The lowest BCUT2D eigenvalue weighted by Crippen LogP contribution is -2.38. The third-order valence-electron chi connectivity index (χ3n) is 7.05. The van der Waals surface area contributed by atoms with E-state index in [0.29, 0.717) is 36.1 Å². The van der Waals surface area contributed by atoms with Crippen LogP contribution in [0, 0.1) is 5.92 Å². The monoisotopic (exact) mass is 574 g/mol. The summed E-state index contributed by atoms with van der Waals surface area (Å²) in [5, 5.41) is 12.5. The lowest BCUT2D eigenvalue weighted by molar-refractivity contribution is -0.146. The molecule has 1 fully saturated rings. The van der Waals surface area contributed by atoms with Crippen LogP contribution in [0.15, 0.2) is 59.2 Å². The summed E-state index contributed by atoms with van der Waals surface area (Å²) >= 11 is 0. The number of aliphatic hydroxyl groups excluding tert-OH is 1. The summed E-state index contributed by atoms with van der Waals surface area (Å²) in [4.78, 5) is 13.0. The molecule has 40 heavy (non-hydrogen) atoms. The summed E-state index contributed by atoms with van der Waals surface area (Å²) in [5.74, 6) is 2.00. The van der Waals surface area contributed by atoms with E-state index < -0.39 is 16.3 Å². The fourth-order valence-corrected chi connectivity index (χ4v) is 6.00. The Morgan fingerprint density at radius 1 is 1.10 bits per heavy atom. The maximum absolute atomic E-state index is 13.2. The average Bonchev–Trinajstić information content (AvgIpc) is 3.69. The summed E-state index contributed by atoms with van der Waals surface area (Å²) in [7, 11) is -2.39. The van der Waals surface area contributed by atoms with Crippen LogP contribution in [0.3, 0.4) is 0 Å². The number of sulfonamides is 1. The first kappa shape index (κ1) is 28.2. The number of methoxy groups -OCH3 is 1. The van der Waals surface area contributed by atoms with Gasteiger partial charge in [0.05, 0.1) is 25.2 Å². The van der Waals surface area contributed by atoms with Crippen molar-refractivity contribution in [2.75, 3.05) is 46.8 Å². The second kappa shape index (κ2) is 12.5. The molecule has 216 valence electrons. The van der Waals surface area contributed by atoms with Crippen LogP contribution >= 0.6 is 0 Å². The second-order valence-corrected chi connectivity index (χ2v) is 11.8. The van der Waals surface area contributed by atoms with Crippen LogP contribution in [0.25, 0.3) is 0 Å². The molecule has 0 saturated heterocycles. The normalized spacial score (nSPS) is 20.1. The predicted molar refractivity (Wildman–Crippen MR) is 143 cm³/mol. The Labute approximate surface area is 233 Å². The number of benzene rings is 2. The van der Waals surface area contributed by atoms with Gasteiger partial charge in [-0.2, -0.15) is 4.31 Å². The molecule has 11 nitrogen and oxygen atoms in total. The number of ether oxygens (including phenoxy) is 5. The van der Waals surface area contributed by atoms with Crippen LogP contribution in [-0.4, -0.2) is 76.8 Å². The molecule has 1 amide bonds. The quantitative estimate of drug-likeness (QED) is 0.370. The van der Waals surface area contributed by atoms with Gasteiger partial charge < -0.3 is 34.1 Å². The number of nitrogens with one attached hydrogen (secondary N) is 1. The van der Waals surface area contributed by atoms with Crippen molar-refractivity contribution in [1.82, 2.24) is 9.62 Å². The lowest BCUT2D eigenvalue weighted by Gasteiger charge is -2.30. The van der Waals surface area contributed by atoms with Crippen LogP contribution in [0.4, 0.5) is 0 Å². The second-order valence-electron chi connectivity index (χ2n) is 9.86. The maximum atomic E-state index is 13.2. The highest BCUT2D eigenvalue weighted by molar-refractivity contribution is 7.89. The highest BCUT2D eigenvalue weighted by Crippen LogP contribution is 2.38. The van der Waals surface area contributed by atoms with Gasteiger partial charge in [0.1, 0.15) is 5.75 Å². The van der Waals surface area contributed by atoms with E-state index in [1.54, 1.807) is 18.2 Å². The Hall–Kier alpha value is -3.32. The van der Waals surface area contributed by atoms with E-state index in [1.807, 2.05) is 18.2 Å². The van der Waals surface area contributed by atoms with Crippen LogP contribution in [0.1, 0.15) is 30.7 Å². The number of carbonyl (C=O) groups excluding carboxylic acids is 1. The van der Waals surface area contributed by atoms with Crippen molar-refractivity contribution in [2.24, 2.45) is 5.92 Å². The first-order valence-corrected chi connectivity index (χ1v) is 14.7. The first-order valence-electron chi connectivity index (χ1n) is 13.3. The fraction of sp³-hybridized carbons (Fsp3) is 0.464. The molecular formula is C28H34N2O9S. The van der Waals surface area contributed by atoms with Crippen molar-refractivity contribution in [3.05, 3.63) is 59.9 Å².